The van der Waals surface area contributed by atoms with Gasteiger partial charge in [-0.05, 0) is 76.9 Å². The standard InChI is InChI=1S/C26H50N4S2/c1-5-9-18-27(19-10-6-2)22-29-24(31)26(16-14-13-15-17-26)30(25(29)32)23-28(20-11-7-3)21-12-8-4/h5-23H2,1-4H3. The first kappa shape index (κ1) is 27.9. The minimum atomic E-state index is -0.0253. The Labute approximate surface area is 210 Å². The topological polar surface area (TPSA) is 13.0 Å². The van der Waals surface area contributed by atoms with Gasteiger partial charge in [-0.15, -0.1) is 0 Å². The maximum atomic E-state index is 6.25. The van der Waals surface area contributed by atoms with Crippen LogP contribution >= 0.6 is 24.4 Å². The summed E-state index contributed by atoms with van der Waals surface area (Å²) in [7, 11) is 0. The highest BCUT2D eigenvalue weighted by Gasteiger charge is 2.52. The molecule has 1 aliphatic carbocycles. The lowest BCUT2D eigenvalue weighted by Crippen LogP contribution is -2.54. The molecule has 0 N–H and O–H groups in total. The van der Waals surface area contributed by atoms with Crippen molar-refractivity contribution in [3.8, 4) is 0 Å². The van der Waals surface area contributed by atoms with Gasteiger partial charge in [0, 0.05) is 0 Å². The molecule has 1 spiro atoms. The lowest BCUT2D eigenvalue weighted by molar-refractivity contribution is 0.111. The van der Waals surface area contributed by atoms with Gasteiger partial charge in [0.05, 0.1) is 18.9 Å². The van der Waals surface area contributed by atoms with Crippen molar-refractivity contribution in [2.45, 2.75) is 117 Å². The summed E-state index contributed by atoms with van der Waals surface area (Å²) in [6.07, 6.45) is 16.2. The maximum Gasteiger partial charge on any atom is 0.179 e. The first-order chi connectivity index (χ1) is 15.5. The number of nitrogens with zero attached hydrogens (tertiary/aromatic N) is 4. The molecule has 2 aliphatic rings. The molecular formula is C26H50N4S2. The Hall–Kier alpha value is -0.300. The Bertz CT molecular complexity index is 546. The molecule has 4 nitrogen and oxygen atoms in total. The van der Waals surface area contributed by atoms with E-state index in [1.54, 1.807) is 0 Å². The van der Waals surface area contributed by atoms with Crippen LogP contribution in [0.3, 0.4) is 0 Å². The molecule has 0 aromatic rings. The normalized spacial score (nSPS) is 18.7. The van der Waals surface area contributed by atoms with E-state index in [0.717, 1.165) is 49.6 Å². The van der Waals surface area contributed by atoms with Gasteiger partial charge >= 0.3 is 0 Å². The van der Waals surface area contributed by atoms with Gasteiger partial charge in [0.1, 0.15) is 4.99 Å². The van der Waals surface area contributed by atoms with Crippen molar-refractivity contribution in [2.24, 2.45) is 0 Å². The van der Waals surface area contributed by atoms with E-state index in [2.05, 4.69) is 47.3 Å². The highest BCUT2D eigenvalue weighted by atomic mass is 32.1. The summed E-state index contributed by atoms with van der Waals surface area (Å²) in [5.41, 5.74) is -0.0253. The molecule has 0 aromatic heterocycles. The van der Waals surface area contributed by atoms with Gasteiger partial charge in [0.2, 0.25) is 0 Å². The van der Waals surface area contributed by atoms with E-state index in [1.165, 1.54) is 83.5 Å². The van der Waals surface area contributed by atoms with Crippen molar-refractivity contribution in [3.63, 3.8) is 0 Å². The number of hydrogen-bond donors (Lipinski definition) is 0. The fraction of sp³-hybridized carbons (Fsp3) is 0.923. The van der Waals surface area contributed by atoms with Gasteiger partial charge in [0.25, 0.3) is 0 Å². The van der Waals surface area contributed by atoms with E-state index in [4.69, 9.17) is 24.4 Å². The van der Waals surface area contributed by atoms with Crippen molar-refractivity contribution in [1.29, 1.82) is 0 Å². The Balaban J connectivity index is 2.22. The lowest BCUT2D eigenvalue weighted by Gasteiger charge is -2.43. The predicted molar refractivity (Wildman–Crippen MR) is 147 cm³/mol. The van der Waals surface area contributed by atoms with Gasteiger partial charge < -0.3 is 4.90 Å². The molecule has 0 aromatic carbocycles. The summed E-state index contributed by atoms with van der Waals surface area (Å²) < 4.78 is 0. The SMILES string of the molecule is CCCCN(CCCC)CN1C(=S)N(CN(CCCC)CCCC)C2(CCCCC2)C1=S. The second-order valence-corrected chi connectivity index (χ2v) is 10.7. The van der Waals surface area contributed by atoms with Crippen molar-refractivity contribution in [3.05, 3.63) is 0 Å². The molecule has 32 heavy (non-hydrogen) atoms. The lowest BCUT2D eigenvalue weighted by atomic mass is 9.81. The highest BCUT2D eigenvalue weighted by molar-refractivity contribution is 7.82. The average Bonchev–Trinajstić information content (AvgIpc) is 2.99. The zero-order valence-electron chi connectivity index (χ0n) is 21.5. The summed E-state index contributed by atoms with van der Waals surface area (Å²) in [6, 6.07) is 0. The molecule has 1 heterocycles. The highest BCUT2D eigenvalue weighted by Crippen LogP contribution is 2.41. The Morgan fingerprint density at radius 2 is 1.12 bits per heavy atom. The van der Waals surface area contributed by atoms with Crippen LogP contribution in [0.2, 0.25) is 0 Å². The Kier molecular flexibility index (Phi) is 13.0. The zero-order valence-corrected chi connectivity index (χ0v) is 23.2. The third kappa shape index (κ3) is 7.35. The predicted octanol–water partition coefficient (Wildman–Crippen LogP) is 6.64. The minimum absolute atomic E-state index is 0.0253. The molecular weight excluding hydrogens is 432 g/mol. The van der Waals surface area contributed by atoms with E-state index >= 15 is 0 Å². The summed E-state index contributed by atoms with van der Waals surface area (Å²) in [5, 5.41) is 0.993. The molecule has 1 aliphatic heterocycles. The quantitative estimate of drug-likeness (QED) is 0.227. The summed E-state index contributed by atoms with van der Waals surface area (Å²) >= 11 is 12.4. The van der Waals surface area contributed by atoms with Gasteiger partial charge in [-0.2, -0.15) is 0 Å². The number of hydrogen-bond acceptors (Lipinski definition) is 4. The van der Waals surface area contributed by atoms with Crippen LogP contribution in [0.15, 0.2) is 0 Å². The Morgan fingerprint density at radius 3 is 1.56 bits per heavy atom. The molecule has 0 amide bonds. The largest absolute Gasteiger partial charge is 0.324 e. The van der Waals surface area contributed by atoms with Gasteiger partial charge in [-0.25, -0.2) is 0 Å². The van der Waals surface area contributed by atoms with Crippen molar-refractivity contribution in [1.82, 2.24) is 19.6 Å². The van der Waals surface area contributed by atoms with Crippen LogP contribution in [0.25, 0.3) is 0 Å². The summed E-state index contributed by atoms with van der Waals surface area (Å²) in [6.45, 7) is 15.6. The first-order valence-electron chi connectivity index (χ1n) is 13.6. The third-order valence-electron chi connectivity index (χ3n) is 7.30. The molecule has 1 saturated heterocycles. The molecule has 186 valence electrons. The third-order valence-corrected chi connectivity index (χ3v) is 8.34. The number of unbranched alkanes of at least 4 members (excludes halogenated alkanes) is 4. The minimum Gasteiger partial charge on any atom is -0.324 e. The monoisotopic (exact) mass is 482 g/mol. The molecule has 1 saturated carbocycles. The summed E-state index contributed by atoms with van der Waals surface area (Å²) in [4.78, 5) is 11.3. The number of thiocarbonyl (C=S) groups is 2. The van der Waals surface area contributed by atoms with Crippen LogP contribution in [0.1, 0.15) is 111 Å². The smallest absolute Gasteiger partial charge is 0.179 e. The second-order valence-electron chi connectivity index (χ2n) is 9.97. The fourth-order valence-corrected chi connectivity index (χ4v) is 6.05. The van der Waals surface area contributed by atoms with Crippen LogP contribution in [0.4, 0.5) is 0 Å². The van der Waals surface area contributed by atoms with E-state index in [-0.39, 0.29) is 5.54 Å². The fourth-order valence-electron chi connectivity index (χ4n) is 5.16. The summed E-state index contributed by atoms with van der Waals surface area (Å²) in [5.74, 6) is 0. The zero-order chi connectivity index (χ0) is 23.4. The van der Waals surface area contributed by atoms with Crippen LogP contribution in [0, 0.1) is 0 Å². The van der Waals surface area contributed by atoms with Crippen molar-refractivity contribution < 1.29 is 0 Å². The molecule has 2 fully saturated rings. The molecule has 0 atom stereocenters. The molecule has 0 unspecified atom stereocenters. The van der Waals surface area contributed by atoms with Crippen molar-refractivity contribution >= 4 is 34.5 Å². The molecule has 0 radical (unpaired) electrons. The molecule has 2 rings (SSSR count). The number of rotatable bonds is 16. The van der Waals surface area contributed by atoms with E-state index in [0.29, 0.717) is 0 Å². The van der Waals surface area contributed by atoms with Crippen molar-refractivity contribution in [2.75, 3.05) is 39.5 Å². The van der Waals surface area contributed by atoms with Gasteiger partial charge in [-0.1, -0.05) is 84.9 Å². The van der Waals surface area contributed by atoms with Crippen LogP contribution in [-0.4, -0.2) is 74.8 Å². The van der Waals surface area contributed by atoms with E-state index < -0.39 is 0 Å². The van der Waals surface area contributed by atoms with Crippen LogP contribution in [-0.2, 0) is 0 Å². The van der Waals surface area contributed by atoms with Crippen LogP contribution < -0.4 is 0 Å². The maximum absolute atomic E-state index is 6.25. The molecule has 6 heteroatoms. The van der Waals surface area contributed by atoms with E-state index in [9.17, 15) is 0 Å². The Morgan fingerprint density at radius 1 is 0.688 bits per heavy atom. The second kappa shape index (κ2) is 14.9. The average molecular weight is 483 g/mol. The van der Waals surface area contributed by atoms with E-state index in [1.807, 2.05) is 0 Å². The first-order valence-corrected chi connectivity index (χ1v) is 14.4. The van der Waals surface area contributed by atoms with Gasteiger partial charge in [0.15, 0.2) is 5.11 Å². The molecule has 0 bridgehead atoms. The van der Waals surface area contributed by atoms with Gasteiger partial charge in [-0.3, -0.25) is 14.7 Å². The van der Waals surface area contributed by atoms with Crippen LogP contribution in [0.5, 0.6) is 0 Å².